The molecule has 0 bridgehead atoms. The summed E-state index contributed by atoms with van der Waals surface area (Å²) in [5, 5.41) is 2.85. The van der Waals surface area contributed by atoms with E-state index >= 15 is 0 Å². The highest BCUT2D eigenvalue weighted by Crippen LogP contribution is 2.49. The van der Waals surface area contributed by atoms with Gasteiger partial charge in [0.2, 0.25) is 0 Å². The van der Waals surface area contributed by atoms with Crippen LogP contribution in [0.5, 0.6) is 5.75 Å². The maximum atomic E-state index is 13.7. The van der Waals surface area contributed by atoms with Crippen LogP contribution in [0.15, 0.2) is 54.6 Å². The van der Waals surface area contributed by atoms with Crippen molar-refractivity contribution in [2.75, 3.05) is 56.2 Å². The SMILES string of the molecule is Cc1cc(N2CCNC2=O)ccc1-c1ccc(C(=O)N2CCc3cc4c(cc32)C2(CCN(C)CC2)CO4)cc1. The molecule has 0 unspecified atom stereocenters. The maximum Gasteiger partial charge on any atom is 0.321 e. The number of nitrogens with one attached hydrogen (secondary N) is 1. The number of urea groups is 1. The Morgan fingerprint density at radius 3 is 2.49 bits per heavy atom. The molecule has 0 aromatic heterocycles. The largest absolute Gasteiger partial charge is 0.492 e. The first kappa shape index (κ1) is 24.2. The summed E-state index contributed by atoms with van der Waals surface area (Å²) in [5.41, 5.74) is 8.46. The van der Waals surface area contributed by atoms with Crippen LogP contribution < -0.4 is 19.9 Å². The smallest absolute Gasteiger partial charge is 0.321 e. The number of rotatable bonds is 3. The molecule has 3 amide bonds. The first-order chi connectivity index (χ1) is 18.9. The minimum Gasteiger partial charge on any atom is -0.492 e. The van der Waals surface area contributed by atoms with Crippen molar-refractivity contribution in [3.05, 3.63) is 76.9 Å². The fourth-order valence-electron chi connectivity index (χ4n) is 6.72. The van der Waals surface area contributed by atoms with Crippen LogP contribution in [-0.2, 0) is 11.8 Å². The second-order valence-electron chi connectivity index (χ2n) is 11.5. The molecule has 2 saturated heterocycles. The van der Waals surface area contributed by atoms with E-state index in [1.807, 2.05) is 35.2 Å². The fraction of sp³-hybridized carbons (Fsp3) is 0.375. The van der Waals surface area contributed by atoms with Crippen molar-refractivity contribution in [3.63, 3.8) is 0 Å². The average Bonchev–Trinajstić information content (AvgIpc) is 3.66. The summed E-state index contributed by atoms with van der Waals surface area (Å²) in [6.45, 7) is 7.01. The van der Waals surface area contributed by atoms with Gasteiger partial charge in [-0.3, -0.25) is 9.69 Å². The standard InChI is InChI=1S/C32H34N4O3/c1-21-17-25(35-16-12-33-31(35)38)7-8-26(21)22-3-5-23(6-4-22)30(37)36-13-9-24-18-29-27(19-28(24)36)32(20-39-29)10-14-34(2)15-11-32/h3-8,17-19H,9-16,20H2,1-2H3,(H,33,38). The van der Waals surface area contributed by atoms with E-state index in [0.29, 0.717) is 25.2 Å². The van der Waals surface area contributed by atoms with Crippen LogP contribution in [0.25, 0.3) is 11.1 Å². The summed E-state index contributed by atoms with van der Waals surface area (Å²) in [4.78, 5) is 31.9. The van der Waals surface area contributed by atoms with Gasteiger partial charge in [-0.2, -0.15) is 0 Å². The lowest BCUT2D eigenvalue weighted by Gasteiger charge is -2.37. The Labute approximate surface area is 229 Å². The molecule has 3 aromatic rings. The zero-order valence-electron chi connectivity index (χ0n) is 22.6. The monoisotopic (exact) mass is 522 g/mol. The molecule has 7 rings (SSSR count). The number of carbonyl (C=O) groups is 2. The van der Waals surface area contributed by atoms with Gasteiger partial charge in [0.1, 0.15) is 5.75 Å². The normalized spacial score (nSPS) is 19.7. The van der Waals surface area contributed by atoms with Crippen LogP contribution >= 0.6 is 0 Å². The molecule has 39 heavy (non-hydrogen) atoms. The summed E-state index contributed by atoms with van der Waals surface area (Å²) >= 11 is 0. The first-order valence-corrected chi connectivity index (χ1v) is 14.0. The summed E-state index contributed by atoms with van der Waals surface area (Å²) in [5.74, 6) is 1.06. The van der Waals surface area contributed by atoms with Crippen LogP contribution in [0.1, 0.15) is 39.9 Å². The third-order valence-corrected chi connectivity index (χ3v) is 9.16. The Morgan fingerprint density at radius 1 is 0.974 bits per heavy atom. The van der Waals surface area contributed by atoms with Crippen molar-refractivity contribution in [2.24, 2.45) is 0 Å². The van der Waals surface area contributed by atoms with Gasteiger partial charge in [0.25, 0.3) is 5.91 Å². The van der Waals surface area contributed by atoms with E-state index in [2.05, 4.69) is 48.5 Å². The maximum absolute atomic E-state index is 13.7. The summed E-state index contributed by atoms with van der Waals surface area (Å²) < 4.78 is 6.19. The molecule has 200 valence electrons. The number of likely N-dealkylation sites (tertiary alicyclic amines) is 1. The molecule has 2 fully saturated rings. The van der Waals surface area contributed by atoms with Gasteiger partial charge in [-0.05, 0) is 105 Å². The van der Waals surface area contributed by atoms with E-state index in [4.69, 9.17) is 4.74 Å². The predicted octanol–water partition coefficient (Wildman–Crippen LogP) is 4.75. The molecular formula is C32H34N4O3. The van der Waals surface area contributed by atoms with Crippen molar-refractivity contribution in [2.45, 2.75) is 31.6 Å². The number of nitrogens with zero attached hydrogens (tertiary/aromatic N) is 3. The summed E-state index contributed by atoms with van der Waals surface area (Å²) in [7, 11) is 2.18. The zero-order valence-corrected chi connectivity index (χ0v) is 22.6. The van der Waals surface area contributed by atoms with Crippen molar-refractivity contribution in [1.82, 2.24) is 10.2 Å². The molecule has 1 spiro atoms. The molecule has 0 radical (unpaired) electrons. The quantitative estimate of drug-likeness (QED) is 0.539. The van der Waals surface area contributed by atoms with Crippen molar-refractivity contribution in [3.8, 4) is 16.9 Å². The summed E-state index contributed by atoms with van der Waals surface area (Å²) in [6.07, 6.45) is 3.04. The van der Waals surface area contributed by atoms with Crippen LogP contribution in [0.2, 0.25) is 0 Å². The third kappa shape index (κ3) is 3.98. The number of fused-ring (bicyclic) bond motifs is 3. The number of anilines is 2. The first-order valence-electron chi connectivity index (χ1n) is 14.0. The highest BCUT2D eigenvalue weighted by atomic mass is 16.5. The third-order valence-electron chi connectivity index (χ3n) is 9.16. The molecule has 7 heteroatoms. The lowest BCUT2D eigenvalue weighted by atomic mass is 9.74. The van der Waals surface area contributed by atoms with Gasteiger partial charge in [-0.1, -0.05) is 18.2 Å². The number of hydrogen-bond acceptors (Lipinski definition) is 4. The highest BCUT2D eigenvalue weighted by Gasteiger charge is 2.44. The number of carbonyl (C=O) groups excluding carboxylic acids is 2. The highest BCUT2D eigenvalue weighted by molar-refractivity contribution is 6.07. The average molecular weight is 523 g/mol. The van der Waals surface area contributed by atoms with Gasteiger partial charge in [0.15, 0.2) is 0 Å². The lowest BCUT2D eigenvalue weighted by molar-refractivity contribution is 0.0989. The van der Waals surface area contributed by atoms with E-state index in [9.17, 15) is 9.59 Å². The topological polar surface area (TPSA) is 65.1 Å². The number of benzene rings is 3. The fourth-order valence-corrected chi connectivity index (χ4v) is 6.72. The second-order valence-corrected chi connectivity index (χ2v) is 11.5. The molecule has 4 heterocycles. The Morgan fingerprint density at radius 2 is 1.77 bits per heavy atom. The Bertz CT molecular complexity index is 1470. The number of hydrogen-bond donors (Lipinski definition) is 1. The van der Waals surface area contributed by atoms with Gasteiger partial charge in [0.05, 0.1) is 6.61 Å². The second kappa shape index (κ2) is 9.12. The minimum absolute atomic E-state index is 0.0451. The van der Waals surface area contributed by atoms with Crippen LogP contribution in [-0.4, -0.2) is 63.2 Å². The Kier molecular flexibility index (Phi) is 5.67. The van der Waals surface area contributed by atoms with E-state index in [0.717, 1.165) is 72.8 Å². The number of piperidine rings is 1. The zero-order chi connectivity index (χ0) is 26.7. The molecule has 0 saturated carbocycles. The predicted molar refractivity (Wildman–Crippen MR) is 153 cm³/mol. The van der Waals surface area contributed by atoms with Gasteiger partial charge >= 0.3 is 6.03 Å². The van der Waals surface area contributed by atoms with E-state index in [-0.39, 0.29) is 17.4 Å². The van der Waals surface area contributed by atoms with Crippen LogP contribution in [0.4, 0.5) is 16.2 Å². The molecule has 0 aliphatic carbocycles. The van der Waals surface area contributed by atoms with Gasteiger partial charge in [-0.15, -0.1) is 0 Å². The number of ether oxygens (including phenoxy) is 1. The molecule has 4 aliphatic rings. The van der Waals surface area contributed by atoms with Gasteiger partial charge in [0, 0.05) is 47.6 Å². The Hall–Kier alpha value is -3.84. The molecule has 1 N–H and O–H groups in total. The Balaban J connectivity index is 1.13. The molecule has 4 aliphatic heterocycles. The van der Waals surface area contributed by atoms with Gasteiger partial charge in [-0.25, -0.2) is 4.79 Å². The molecule has 0 atom stereocenters. The van der Waals surface area contributed by atoms with Crippen molar-refractivity contribution < 1.29 is 14.3 Å². The molecule has 7 nitrogen and oxygen atoms in total. The number of amides is 3. The lowest BCUT2D eigenvalue weighted by Crippen LogP contribution is -2.42. The minimum atomic E-state index is -0.0486. The number of aryl methyl sites for hydroxylation is 1. The van der Waals surface area contributed by atoms with Gasteiger partial charge < -0.3 is 19.9 Å². The van der Waals surface area contributed by atoms with E-state index in [1.54, 1.807) is 4.90 Å². The van der Waals surface area contributed by atoms with Crippen molar-refractivity contribution in [1.29, 1.82) is 0 Å². The molecule has 3 aromatic carbocycles. The summed E-state index contributed by atoms with van der Waals surface area (Å²) in [6, 6.07) is 18.4. The van der Waals surface area contributed by atoms with Crippen LogP contribution in [0, 0.1) is 6.92 Å². The molecular weight excluding hydrogens is 488 g/mol. The van der Waals surface area contributed by atoms with E-state index < -0.39 is 0 Å². The van der Waals surface area contributed by atoms with Crippen LogP contribution in [0.3, 0.4) is 0 Å². The van der Waals surface area contributed by atoms with E-state index in [1.165, 1.54) is 11.1 Å². The van der Waals surface area contributed by atoms with Crippen molar-refractivity contribution >= 4 is 23.3 Å².